The van der Waals surface area contributed by atoms with Gasteiger partial charge in [0, 0.05) is 19.6 Å². The smallest absolute Gasteiger partial charge is 0.120 e. The van der Waals surface area contributed by atoms with Crippen LogP contribution in [0.25, 0.3) is 0 Å². The van der Waals surface area contributed by atoms with Crippen LogP contribution >= 0.6 is 0 Å². The third-order valence-electron chi connectivity index (χ3n) is 4.70. The maximum Gasteiger partial charge on any atom is 0.120 e. The molecule has 2 rings (SSSR count). The summed E-state index contributed by atoms with van der Waals surface area (Å²) in [6, 6.07) is 8.04. The van der Waals surface area contributed by atoms with Crippen molar-refractivity contribution < 1.29 is 14.2 Å². The minimum absolute atomic E-state index is 0.144. The predicted octanol–water partition coefficient (Wildman–Crippen LogP) is 4.21. The van der Waals surface area contributed by atoms with Crippen LogP contribution in [0.1, 0.15) is 27.7 Å². The second kappa shape index (κ2) is 8.56. The summed E-state index contributed by atoms with van der Waals surface area (Å²) in [7, 11) is -1.29. The van der Waals surface area contributed by atoms with E-state index in [2.05, 4.69) is 52.2 Å². The Morgan fingerprint density at radius 1 is 1.00 bits per heavy atom. The van der Waals surface area contributed by atoms with Crippen molar-refractivity contribution in [2.75, 3.05) is 19.6 Å². The monoisotopic (exact) mass is 365 g/mol. The van der Waals surface area contributed by atoms with E-state index in [1.165, 1.54) is 0 Å². The third kappa shape index (κ3) is 6.64. The summed E-state index contributed by atoms with van der Waals surface area (Å²) in [5.41, 5.74) is 0.295. The summed E-state index contributed by atoms with van der Waals surface area (Å²) >= 11 is 0. The Bertz CT molecular complexity index is 519. The average Bonchev–Trinajstić information content (AvgIpc) is 2.47. The van der Waals surface area contributed by atoms with E-state index in [0.717, 1.165) is 31.1 Å². The number of nitrogens with zero attached hydrogens (tertiary/aromatic N) is 1. The molecule has 0 N–H and O–H groups in total. The van der Waals surface area contributed by atoms with E-state index in [1.807, 2.05) is 24.3 Å². The summed E-state index contributed by atoms with van der Waals surface area (Å²) in [5.74, 6) is 1.82. The molecule has 0 saturated carbocycles. The first kappa shape index (κ1) is 20.3. The Hall–Kier alpha value is -1.04. The third-order valence-corrected chi connectivity index (χ3v) is 7.26. The summed E-state index contributed by atoms with van der Waals surface area (Å²) in [5, 5.41) is 0. The van der Waals surface area contributed by atoms with Crippen molar-refractivity contribution in [3.05, 3.63) is 24.3 Å². The Labute approximate surface area is 154 Å². The van der Waals surface area contributed by atoms with Gasteiger partial charge < -0.3 is 14.2 Å². The van der Waals surface area contributed by atoms with Gasteiger partial charge in [0.15, 0.2) is 0 Å². The van der Waals surface area contributed by atoms with E-state index < -0.39 is 8.07 Å². The molecule has 0 aromatic heterocycles. The first-order valence-corrected chi connectivity index (χ1v) is 13.0. The lowest BCUT2D eigenvalue weighted by Crippen LogP contribution is -2.48. The van der Waals surface area contributed by atoms with E-state index in [4.69, 9.17) is 14.2 Å². The zero-order chi connectivity index (χ0) is 18.6. The molecule has 4 nitrogen and oxygen atoms in total. The van der Waals surface area contributed by atoms with Crippen LogP contribution in [0.2, 0.25) is 19.6 Å². The molecule has 1 fully saturated rings. The van der Waals surface area contributed by atoms with Gasteiger partial charge in [-0.1, -0.05) is 19.6 Å². The maximum atomic E-state index is 6.09. The number of benzene rings is 1. The zero-order valence-electron chi connectivity index (χ0n) is 16.9. The molecule has 0 bridgehead atoms. The standard InChI is InChI=1S/C20H35NO3Si/c1-15-12-21(13-16(2)22-15)14-17(3)23-19-8-10-20(11-9-19)24-18(4)25(5,6)7/h8-11,15-18H,12-14H2,1-7H3. The first-order chi connectivity index (χ1) is 11.6. The molecule has 0 amide bonds. The van der Waals surface area contributed by atoms with Crippen LogP contribution in [-0.2, 0) is 4.74 Å². The van der Waals surface area contributed by atoms with Gasteiger partial charge >= 0.3 is 0 Å². The van der Waals surface area contributed by atoms with Crippen LogP contribution in [0.4, 0.5) is 0 Å². The van der Waals surface area contributed by atoms with E-state index in [-0.39, 0.29) is 6.10 Å². The minimum atomic E-state index is -1.29. The van der Waals surface area contributed by atoms with Gasteiger partial charge in [0.05, 0.1) is 26.0 Å². The quantitative estimate of drug-likeness (QED) is 0.677. The first-order valence-electron chi connectivity index (χ1n) is 9.44. The molecule has 0 aliphatic carbocycles. The molecule has 142 valence electrons. The molecule has 0 spiro atoms. The van der Waals surface area contributed by atoms with E-state index in [9.17, 15) is 0 Å². The van der Waals surface area contributed by atoms with Gasteiger partial charge in [0.1, 0.15) is 17.6 Å². The fourth-order valence-corrected chi connectivity index (χ4v) is 3.53. The maximum absolute atomic E-state index is 6.09. The van der Waals surface area contributed by atoms with E-state index in [1.54, 1.807) is 0 Å². The highest BCUT2D eigenvalue weighted by Crippen LogP contribution is 2.22. The Morgan fingerprint density at radius 3 is 1.96 bits per heavy atom. The summed E-state index contributed by atoms with van der Waals surface area (Å²) in [6.07, 6.45) is 0.728. The second-order valence-corrected chi connectivity index (χ2v) is 14.0. The van der Waals surface area contributed by atoms with Crippen molar-refractivity contribution in [3.8, 4) is 11.5 Å². The molecule has 1 aromatic carbocycles. The minimum Gasteiger partial charge on any atom is -0.494 e. The lowest BCUT2D eigenvalue weighted by molar-refractivity contribution is -0.0740. The van der Waals surface area contributed by atoms with E-state index >= 15 is 0 Å². The van der Waals surface area contributed by atoms with Crippen LogP contribution in [0.5, 0.6) is 11.5 Å². The molecule has 1 aromatic rings. The molecular weight excluding hydrogens is 330 g/mol. The number of hydrogen-bond acceptors (Lipinski definition) is 4. The molecule has 25 heavy (non-hydrogen) atoms. The van der Waals surface area contributed by atoms with Crippen LogP contribution < -0.4 is 9.47 Å². The van der Waals surface area contributed by atoms with Gasteiger partial charge in [-0.15, -0.1) is 0 Å². The zero-order valence-corrected chi connectivity index (χ0v) is 17.9. The Kier molecular flexibility index (Phi) is 6.94. The lowest BCUT2D eigenvalue weighted by atomic mass is 10.2. The molecular formula is C20H35NO3Si. The molecule has 1 aliphatic rings. The van der Waals surface area contributed by atoms with Gasteiger partial charge in [-0.05, 0) is 52.0 Å². The summed E-state index contributed by atoms with van der Waals surface area (Å²) < 4.78 is 17.9. The normalized spacial score (nSPS) is 24.6. The van der Waals surface area contributed by atoms with E-state index in [0.29, 0.717) is 17.9 Å². The highest BCUT2D eigenvalue weighted by atomic mass is 28.3. The molecule has 1 heterocycles. The van der Waals surface area contributed by atoms with Gasteiger partial charge in [-0.3, -0.25) is 4.90 Å². The predicted molar refractivity (Wildman–Crippen MR) is 106 cm³/mol. The second-order valence-electron chi connectivity index (χ2n) is 8.50. The van der Waals surface area contributed by atoms with Crippen molar-refractivity contribution >= 4 is 8.07 Å². The summed E-state index contributed by atoms with van der Waals surface area (Å²) in [4.78, 5) is 2.43. The number of morpholine rings is 1. The number of hydrogen-bond donors (Lipinski definition) is 0. The van der Waals surface area contributed by atoms with Crippen LogP contribution in [0, 0.1) is 0 Å². The molecule has 1 aliphatic heterocycles. The van der Waals surface area contributed by atoms with Gasteiger partial charge in [-0.25, -0.2) is 0 Å². The molecule has 0 radical (unpaired) electrons. The molecule has 4 atom stereocenters. The Morgan fingerprint density at radius 2 is 1.48 bits per heavy atom. The van der Waals surface area contributed by atoms with Gasteiger partial charge in [0.2, 0.25) is 0 Å². The number of ether oxygens (including phenoxy) is 3. The van der Waals surface area contributed by atoms with Crippen LogP contribution in [0.3, 0.4) is 0 Å². The van der Waals surface area contributed by atoms with Crippen molar-refractivity contribution in [1.82, 2.24) is 4.90 Å². The van der Waals surface area contributed by atoms with Crippen molar-refractivity contribution in [1.29, 1.82) is 0 Å². The van der Waals surface area contributed by atoms with Crippen molar-refractivity contribution in [2.45, 2.75) is 71.4 Å². The van der Waals surface area contributed by atoms with Gasteiger partial charge in [0.25, 0.3) is 0 Å². The van der Waals surface area contributed by atoms with Gasteiger partial charge in [-0.2, -0.15) is 0 Å². The molecule has 4 unspecified atom stereocenters. The fraction of sp³-hybridized carbons (Fsp3) is 0.700. The van der Waals surface area contributed by atoms with Crippen LogP contribution in [-0.4, -0.2) is 56.6 Å². The average molecular weight is 366 g/mol. The van der Waals surface area contributed by atoms with Crippen molar-refractivity contribution in [3.63, 3.8) is 0 Å². The largest absolute Gasteiger partial charge is 0.494 e. The fourth-order valence-electron chi connectivity index (χ4n) is 3.04. The SMILES string of the molecule is CC(CN1CC(C)OC(C)C1)Oc1ccc(OC(C)[Si](C)(C)C)cc1. The van der Waals surface area contributed by atoms with Crippen molar-refractivity contribution in [2.24, 2.45) is 0 Å². The molecule has 1 saturated heterocycles. The summed E-state index contributed by atoms with van der Waals surface area (Å²) in [6.45, 7) is 18.4. The highest BCUT2D eigenvalue weighted by molar-refractivity contribution is 6.77. The topological polar surface area (TPSA) is 30.9 Å². The Balaban J connectivity index is 1.84. The van der Waals surface area contributed by atoms with Crippen LogP contribution in [0.15, 0.2) is 24.3 Å². The lowest BCUT2D eigenvalue weighted by Gasteiger charge is -2.36. The highest BCUT2D eigenvalue weighted by Gasteiger charge is 2.25. The molecule has 5 heteroatoms. The number of rotatable bonds is 7.